The zero-order valence-corrected chi connectivity index (χ0v) is 36.4. The van der Waals surface area contributed by atoms with Crippen molar-refractivity contribution in [3.63, 3.8) is 0 Å². The number of rotatable bonds is 9. The molecular weight excluding hydrogens is 815 g/mol. The molecule has 0 saturated carbocycles. The van der Waals surface area contributed by atoms with Crippen molar-refractivity contribution in [3.05, 3.63) is 249 Å². The van der Waals surface area contributed by atoms with Crippen LogP contribution in [-0.2, 0) is 0 Å². The van der Waals surface area contributed by atoms with Crippen molar-refractivity contribution < 1.29 is 0 Å². The van der Waals surface area contributed by atoms with Gasteiger partial charge in [0.1, 0.15) is 11.5 Å². The number of hydrogen-bond donors (Lipinski definition) is 0. The highest BCUT2D eigenvalue weighted by Gasteiger charge is 2.21. The van der Waals surface area contributed by atoms with Crippen LogP contribution in [0.25, 0.3) is 118 Å². The first kappa shape index (κ1) is 39.5. The number of aromatic nitrogens is 5. The molecule has 0 atom stereocenters. The van der Waals surface area contributed by atoms with Crippen LogP contribution in [0, 0.1) is 0 Å². The van der Waals surface area contributed by atoms with E-state index < -0.39 is 0 Å². The number of nitrogens with zero attached hydrogens (tertiary/aromatic N) is 5. The van der Waals surface area contributed by atoms with Crippen molar-refractivity contribution >= 4 is 16.4 Å². The zero-order chi connectivity index (χ0) is 44.5. The molecule has 5 nitrogen and oxygen atoms in total. The maximum atomic E-state index is 5.24. The normalized spacial score (nSPS) is 11.3. The Bertz CT molecular complexity index is 3600. The van der Waals surface area contributed by atoms with Gasteiger partial charge in [-0.15, -0.1) is 0 Å². The molecule has 0 N–H and O–H groups in total. The highest BCUT2D eigenvalue weighted by atomic mass is 15.1. The summed E-state index contributed by atoms with van der Waals surface area (Å²) in [4.78, 5) is 20.9. The molecule has 3 heterocycles. The first-order valence-corrected chi connectivity index (χ1v) is 22.5. The van der Waals surface area contributed by atoms with E-state index in [1.54, 1.807) is 0 Å². The molecule has 12 aromatic rings. The van der Waals surface area contributed by atoms with Crippen LogP contribution in [0.15, 0.2) is 249 Å². The van der Waals surface area contributed by atoms with Crippen molar-refractivity contribution in [2.24, 2.45) is 0 Å². The molecule has 0 saturated heterocycles. The molecular formula is C62H41N5. The van der Waals surface area contributed by atoms with Gasteiger partial charge in [-0.2, -0.15) is 0 Å². The molecule has 0 spiro atoms. The van der Waals surface area contributed by atoms with Crippen molar-refractivity contribution in [1.82, 2.24) is 24.3 Å². The van der Waals surface area contributed by atoms with Gasteiger partial charge in [0.2, 0.25) is 0 Å². The molecule has 0 bridgehead atoms. The lowest BCUT2D eigenvalue weighted by Gasteiger charge is -2.13. The monoisotopic (exact) mass is 855 g/mol. The molecule has 3 aromatic heterocycles. The van der Waals surface area contributed by atoms with Crippen molar-refractivity contribution in [3.8, 4) is 101 Å². The van der Waals surface area contributed by atoms with Gasteiger partial charge in [-0.25, -0.2) is 19.9 Å². The summed E-state index contributed by atoms with van der Waals surface area (Å²) in [6.07, 6.45) is 0. The van der Waals surface area contributed by atoms with E-state index in [0.717, 1.165) is 106 Å². The Hall–Kier alpha value is -9.06. The molecule has 314 valence electrons. The third-order valence-electron chi connectivity index (χ3n) is 12.4. The molecule has 67 heavy (non-hydrogen) atoms. The van der Waals surface area contributed by atoms with E-state index in [1.165, 1.54) is 0 Å². The van der Waals surface area contributed by atoms with E-state index in [1.807, 2.05) is 36.4 Å². The topological polar surface area (TPSA) is 56.0 Å². The minimum absolute atomic E-state index is 0.678. The lowest BCUT2D eigenvalue weighted by atomic mass is 9.98. The minimum atomic E-state index is 0.678. The van der Waals surface area contributed by atoms with Crippen LogP contribution in [0.5, 0.6) is 0 Å². The predicted molar refractivity (Wildman–Crippen MR) is 275 cm³/mol. The first-order chi connectivity index (χ1) is 33.2. The maximum Gasteiger partial charge on any atom is 0.163 e. The standard InChI is InChI=1S/C62H41N5/c1-5-17-42(18-6-1)50-25-15-27-52(39-50)57-41-56(63-60(64-57)53-28-16-26-51(40-53)43-19-7-2-8-20-43)46-35-31-44(32-36-46)45-33-37-47(38-34-45)58-54-29-13-14-30-55(54)62-66-59(48-21-9-3-10-22-48)65-61(67(58)62)49-23-11-4-12-24-49/h1-41H. The third-order valence-corrected chi connectivity index (χ3v) is 12.4. The number of fused-ring (bicyclic) bond motifs is 3. The van der Waals surface area contributed by atoms with Crippen LogP contribution < -0.4 is 0 Å². The average molecular weight is 856 g/mol. The summed E-state index contributed by atoms with van der Waals surface area (Å²) in [5.74, 6) is 2.22. The molecule has 12 rings (SSSR count). The Morgan fingerprint density at radius 1 is 0.239 bits per heavy atom. The SMILES string of the molecule is c1ccc(-c2cccc(-c3cc(-c4ccc(-c5ccc(-c6c7ccccc7c7nc(-c8ccccc8)nc(-c8ccccc8)n67)cc5)cc4)nc(-c4cccc(-c5ccccc5)c4)n3)c2)cc1. The van der Waals surface area contributed by atoms with Gasteiger partial charge in [-0.05, 0) is 57.1 Å². The quantitative estimate of drug-likeness (QED) is 0.145. The van der Waals surface area contributed by atoms with Gasteiger partial charge in [0, 0.05) is 38.6 Å². The van der Waals surface area contributed by atoms with Gasteiger partial charge < -0.3 is 0 Å². The van der Waals surface area contributed by atoms with Gasteiger partial charge in [-0.3, -0.25) is 4.40 Å². The number of benzene rings is 9. The van der Waals surface area contributed by atoms with E-state index in [-0.39, 0.29) is 0 Å². The third kappa shape index (κ3) is 7.64. The highest BCUT2D eigenvalue weighted by Crippen LogP contribution is 2.39. The zero-order valence-electron chi connectivity index (χ0n) is 36.4. The maximum absolute atomic E-state index is 5.24. The largest absolute Gasteiger partial charge is 0.277 e. The minimum Gasteiger partial charge on any atom is -0.277 e. The Kier molecular flexibility index (Phi) is 10.1. The van der Waals surface area contributed by atoms with E-state index in [4.69, 9.17) is 19.9 Å². The molecule has 0 radical (unpaired) electrons. The molecule has 0 aliphatic heterocycles. The molecule has 0 aliphatic carbocycles. The lowest BCUT2D eigenvalue weighted by Crippen LogP contribution is -2.03. The average Bonchev–Trinajstić information content (AvgIpc) is 3.76. The first-order valence-electron chi connectivity index (χ1n) is 22.5. The lowest BCUT2D eigenvalue weighted by molar-refractivity contribution is 1.05. The van der Waals surface area contributed by atoms with E-state index in [2.05, 4.69) is 217 Å². The predicted octanol–water partition coefficient (Wildman–Crippen LogP) is 15.7. The van der Waals surface area contributed by atoms with Gasteiger partial charge >= 0.3 is 0 Å². The smallest absolute Gasteiger partial charge is 0.163 e. The molecule has 9 aromatic carbocycles. The Morgan fingerprint density at radius 3 is 1.24 bits per heavy atom. The summed E-state index contributed by atoms with van der Waals surface area (Å²) in [5, 5.41) is 2.20. The second-order valence-electron chi connectivity index (χ2n) is 16.7. The summed E-state index contributed by atoms with van der Waals surface area (Å²) < 4.78 is 2.23. The summed E-state index contributed by atoms with van der Waals surface area (Å²) in [6.45, 7) is 0. The van der Waals surface area contributed by atoms with Crippen LogP contribution in [0.3, 0.4) is 0 Å². The van der Waals surface area contributed by atoms with Crippen LogP contribution in [0.4, 0.5) is 0 Å². The van der Waals surface area contributed by atoms with Crippen molar-refractivity contribution in [1.29, 1.82) is 0 Å². The Labute approximate surface area is 389 Å². The van der Waals surface area contributed by atoms with Gasteiger partial charge in [0.05, 0.1) is 17.1 Å². The van der Waals surface area contributed by atoms with E-state index in [0.29, 0.717) is 11.6 Å². The molecule has 0 unspecified atom stereocenters. The Morgan fingerprint density at radius 2 is 0.642 bits per heavy atom. The summed E-state index contributed by atoms with van der Waals surface area (Å²) in [7, 11) is 0. The fraction of sp³-hybridized carbons (Fsp3) is 0. The fourth-order valence-corrected chi connectivity index (χ4v) is 9.09. The molecule has 5 heteroatoms. The Balaban J connectivity index is 0.925. The van der Waals surface area contributed by atoms with Crippen LogP contribution in [0.2, 0.25) is 0 Å². The van der Waals surface area contributed by atoms with E-state index >= 15 is 0 Å². The molecule has 0 fully saturated rings. The van der Waals surface area contributed by atoms with Gasteiger partial charge in [-0.1, -0.05) is 231 Å². The van der Waals surface area contributed by atoms with Crippen LogP contribution in [0.1, 0.15) is 0 Å². The van der Waals surface area contributed by atoms with Crippen LogP contribution in [-0.4, -0.2) is 24.3 Å². The summed E-state index contributed by atoms with van der Waals surface area (Å²) in [6, 6.07) is 86.9. The summed E-state index contributed by atoms with van der Waals surface area (Å²) >= 11 is 0. The number of hydrogen-bond acceptors (Lipinski definition) is 4. The van der Waals surface area contributed by atoms with Crippen LogP contribution >= 0.6 is 0 Å². The fourth-order valence-electron chi connectivity index (χ4n) is 9.09. The summed E-state index contributed by atoms with van der Waals surface area (Å²) in [5.41, 5.74) is 16.6. The van der Waals surface area contributed by atoms with Gasteiger partial charge in [0.15, 0.2) is 11.6 Å². The van der Waals surface area contributed by atoms with Crippen molar-refractivity contribution in [2.75, 3.05) is 0 Å². The second kappa shape index (κ2) is 17.1. The molecule has 0 aliphatic rings. The highest BCUT2D eigenvalue weighted by molar-refractivity contribution is 6.06. The van der Waals surface area contributed by atoms with Crippen molar-refractivity contribution in [2.45, 2.75) is 0 Å². The van der Waals surface area contributed by atoms with E-state index in [9.17, 15) is 0 Å². The molecule has 0 amide bonds. The van der Waals surface area contributed by atoms with Gasteiger partial charge in [0.25, 0.3) is 0 Å². The second-order valence-corrected chi connectivity index (χ2v) is 16.7.